The van der Waals surface area contributed by atoms with Gasteiger partial charge in [0.15, 0.2) is 11.5 Å². The third-order valence-corrected chi connectivity index (χ3v) is 5.09. The molecule has 0 aromatic heterocycles. The van der Waals surface area contributed by atoms with Crippen molar-refractivity contribution in [1.29, 1.82) is 0 Å². The zero-order valence-electron chi connectivity index (χ0n) is 16.3. The molecule has 0 aromatic rings. The number of unbranched alkanes of at least 4 members (excludes halogenated alkanes) is 10. The first-order valence-corrected chi connectivity index (χ1v) is 10.1. The normalized spacial score (nSPS) is 20.8. The smallest absolute Gasteiger partial charge is 0.378 e. The second kappa shape index (κ2) is 12.0. The Morgan fingerprint density at radius 1 is 0.963 bits per heavy atom. The van der Waals surface area contributed by atoms with Crippen LogP contribution in [0.15, 0.2) is 11.5 Å². The monoisotopic (exact) mass is 386 g/mol. The van der Waals surface area contributed by atoms with Gasteiger partial charge >= 0.3 is 5.97 Å². The van der Waals surface area contributed by atoms with Crippen LogP contribution in [0.2, 0.25) is 0 Å². The van der Waals surface area contributed by atoms with Crippen molar-refractivity contribution in [2.45, 2.75) is 95.7 Å². The maximum Gasteiger partial charge on any atom is 0.378 e. The Morgan fingerprint density at radius 2 is 1.44 bits per heavy atom. The fourth-order valence-corrected chi connectivity index (χ4v) is 3.38. The van der Waals surface area contributed by atoms with E-state index < -0.39 is 41.6 Å². The van der Waals surface area contributed by atoms with Gasteiger partial charge in [0, 0.05) is 6.42 Å². The molecule has 0 fully saturated rings. The molecule has 0 unspecified atom stereocenters. The Labute approximate surface area is 161 Å². The highest BCUT2D eigenvalue weighted by molar-refractivity contribution is 6.01. The summed E-state index contributed by atoms with van der Waals surface area (Å²) in [6.07, 6.45) is 10.3. The summed E-state index contributed by atoms with van der Waals surface area (Å²) >= 11 is 0. The molecule has 0 spiro atoms. The Kier molecular flexibility index (Phi) is 10.4. The van der Waals surface area contributed by atoms with Gasteiger partial charge in [-0.3, -0.25) is 4.79 Å². The predicted molar refractivity (Wildman–Crippen MR) is 100 cm³/mol. The Balaban J connectivity index is 2.31. The minimum absolute atomic E-state index is 0.0291. The SMILES string of the molecule is CCCCCCCCCCCCCC(=O)[C@]1([C@@H](O)CO)OC(=O)C(O)=C1O. The lowest BCUT2D eigenvalue weighted by molar-refractivity contribution is -0.173. The van der Waals surface area contributed by atoms with E-state index in [1.807, 2.05) is 0 Å². The van der Waals surface area contributed by atoms with Crippen LogP contribution in [0.25, 0.3) is 0 Å². The highest BCUT2D eigenvalue weighted by Gasteiger charge is 2.58. The molecular formula is C20H34O7. The number of rotatable bonds is 15. The van der Waals surface area contributed by atoms with Crippen LogP contribution in [0.5, 0.6) is 0 Å². The summed E-state index contributed by atoms with van der Waals surface area (Å²) in [5, 5.41) is 38.4. The molecule has 27 heavy (non-hydrogen) atoms. The van der Waals surface area contributed by atoms with E-state index >= 15 is 0 Å². The van der Waals surface area contributed by atoms with E-state index in [1.54, 1.807) is 0 Å². The highest BCUT2D eigenvalue weighted by atomic mass is 16.6. The molecule has 0 saturated carbocycles. The summed E-state index contributed by atoms with van der Waals surface area (Å²) in [4.78, 5) is 23.9. The fraction of sp³-hybridized carbons (Fsp3) is 0.800. The number of aliphatic hydroxyl groups excluding tert-OH is 4. The molecule has 0 bridgehead atoms. The van der Waals surface area contributed by atoms with E-state index in [4.69, 9.17) is 9.84 Å². The molecule has 0 radical (unpaired) electrons. The Bertz CT molecular complexity index is 514. The first kappa shape index (κ1) is 23.4. The highest BCUT2D eigenvalue weighted by Crippen LogP contribution is 2.35. The van der Waals surface area contributed by atoms with Crippen molar-refractivity contribution in [3.63, 3.8) is 0 Å². The first-order valence-electron chi connectivity index (χ1n) is 10.1. The average Bonchev–Trinajstić information content (AvgIpc) is 2.90. The number of aliphatic hydroxyl groups is 4. The number of Topliss-reactive ketones (excluding diaryl/α,β-unsaturated/α-hetero) is 1. The molecule has 0 saturated heterocycles. The third kappa shape index (κ3) is 6.21. The van der Waals surface area contributed by atoms with Gasteiger partial charge in [0.25, 0.3) is 5.60 Å². The maximum atomic E-state index is 12.5. The minimum atomic E-state index is -2.39. The second-order valence-corrected chi connectivity index (χ2v) is 7.23. The van der Waals surface area contributed by atoms with E-state index in [-0.39, 0.29) is 6.42 Å². The summed E-state index contributed by atoms with van der Waals surface area (Å²) in [6.45, 7) is 1.31. The van der Waals surface area contributed by atoms with Crippen molar-refractivity contribution in [2.24, 2.45) is 0 Å². The molecule has 1 rings (SSSR count). The average molecular weight is 386 g/mol. The van der Waals surface area contributed by atoms with Crippen molar-refractivity contribution in [3.8, 4) is 0 Å². The van der Waals surface area contributed by atoms with E-state index in [1.165, 1.54) is 44.9 Å². The van der Waals surface area contributed by atoms with Crippen LogP contribution in [-0.2, 0) is 14.3 Å². The summed E-state index contributed by atoms with van der Waals surface area (Å²) in [7, 11) is 0. The van der Waals surface area contributed by atoms with E-state index in [9.17, 15) is 24.9 Å². The lowest BCUT2D eigenvalue weighted by Gasteiger charge is -2.29. The molecule has 0 aromatic carbocycles. The van der Waals surface area contributed by atoms with Gasteiger partial charge in [0.2, 0.25) is 5.76 Å². The number of ketones is 1. The van der Waals surface area contributed by atoms with Gasteiger partial charge in [-0.15, -0.1) is 0 Å². The molecule has 2 atom stereocenters. The van der Waals surface area contributed by atoms with Gasteiger partial charge in [-0.1, -0.05) is 71.1 Å². The van der Waals surface area contributed by atoms with E-state index in [0.717, 1.165) is 19.3 Å². The second-order valence-electron chi connectivity index (χ2n) is 7.23. The summed E-state index contributed by atoms with van der Waals surface area (Å²) in [6, 6.07) is 0. The lowest BCUT2D eigenvalue weighted by Crippen LogP contribution is -2.53. The van der Waals surface area contributed by atoms with Crippen molar-refractivity contribution in [2.75, 3.05) is 6.61 Å². The van der Waals surface area contributed by atoms with Crippen LogP contribution in [0.1, 0.15) is 84.0 Å². The van der Waals surface area contributed by atoms with Crippen LogP contribution in [0, 0.1) is 0 Å². The fourth-order valence-electron chi connectivity index (χ4n) is 3.38. The Hall–Kier alpha value is -1.60. The summed E-state index contributed by atoms with van der Waals surface area (Å²) in [5.74, 6) is -4.14. The van der Waals surface area contributed by atoms with E-state index in [2.05, 4.69) is 6.92 Å². The number of ether oxygens (including phenoxy) is 1. The standard InChI is InChI=1S/C20H34O7/c1-2-3-4-5-6-7-8-9-10-11-12-13-15(22)20(16(23)14-21)18(25)17(24)19(26)27-20/h16,21,23-25H,2-14H2,1H3/t16-,20+/m0/s1. The van der Waals surface area contributed by atoms with Gasteiger partial charge in [0.05, 0.1) is 6.61 Å². The quantitative estimate of drug-likeness (QED) is 0.251. The van der Waals surface area contributed by atoms with Crippen molar-refractivity contribution in [3.05, 3.63) is 11.5 Å². The zero-order valence-corrected chi connectivity index (χ0v) is 16.3. The van der Waals surface area contributed by atoms with Crippen molar-refractivity contribution in [1.82, 2.24) is 0 Å². The van der Waals surface area contributed by atoms with Gasteiger partial charge < -0.3 is 25.2 Å². The Morgan fingerprint density at radius 3 is 1.85 bits per heavy atom. The molecule has 4 N–H and O–H groups in total. The molecule has 1 heterocycles. The molecule has 7 nitrogen and oxygen atoms in total. The first-order chi connectivity index (χ1) is 12.9. The number of carbonyl (C=O) groups excluding carboxylic acids is 2. The van der Waals surface area contributed by atoms with Crippen LogP contribution in [-0.4, -0.2) is 50.5 Å². The minimum Gasteiger partial charge on any atom is -0.505 e. The molecule has 7 heteroatoms. The van der Waals surface area contributed by atoms with Crippen molar-refractivity contribution < 1.29 is 34.8 Å². The van der Waals surface area contributed by atoms with Gasteiger partial charge in [-0.2, -0.15) is 0 Å². The van der Waals surface area contributed by atoms with Crippen LogP contribution in [0.4, 0.5) is 0 Å². The third-order valence-electron chi connectivity index (χ3n) is 5.09. The van der Waals surface area contributed by atoms with Crippen LogP contribution >= 0.6 is 0 Å². The number of carbonyl (C=O) groups is 2. The molecule has 156 valence electrons. The largest absolute Gasteiger partial charge is 0.505 e. The lowest BCUT2D eigenvalue weighted by atomic mass is 9.87. The topological polar surface area (TPSA) is 124 Å². The maximum absolute atomic E-state index is 12.5. The molecular weight excluding hydrogens is 352 g/mol. The van der Waals surface area contributed by atoms with E-state index in [0.29, 0.717) is 6.42 Å². The van der Waals surface area contributed by atoms with Crippen molar-refractivity contribution >= 4 is 11.8 Å². The predicted octanol–water partition coefficient (Wildman–Crippen LogP) is 3.23. The number of hydrogen-bond donors (Lipinski definition) is 4. The van der Waals surface area contributed by atoms with Crippen LogP contribution in [0.3, 0.4) is 0 Å². The summed E-state index contributed by atoms with van der Waals surface area (Å²) in [5.41, 5.74) is -2.39. The molecule has 1 aliphatic heterocycles. The molecule has 1 aliphatic rings. The van der Waals surface area contributed by atoms with Gasteiger partial charge in [0.1, 0.15) is 6.10 Å². The zero-order chi connectivity index (χ0) is 20.3. The number of esters is 1. The van der Waals surface area contributed by atoms with Gasteiger partial charge in [-0.25, -0.2) is 4.79 Å². The number of cyclic esters (lactones) is 1. The van der Waals surface area contributed by atoms with Gasteiger partial charge in [-0.05, 0) is 6.42 Å². The molecule has 0 aliphatic carbocycles. The molecule has 0 amide bonds. The number of hydrogen-bond acceptors (Lipinski definition) is 7. The summed E-state index contributed by atoms with van der Waals surface area (Å²) < 4.78 is 4.77. The van der Waals surface area contributed by atoms with Crippen LogP contribution < -0.4 is 0 Å².